The van der Waals surface area contributed by atoms with Crippen LogP contribution in [-0.4, -0.2) is 52.4 Å². The molecule has 0 saturated heterocycles. The number of hydrogen-bond donors (Lipinski definition) is 2. The number of rotatable bonds is 13. The Labute approximate surface area is 244 Å². The SMILES string of the molecule is NC(=O)C(Cc1ccccc1)C(=O)[O][Pb]([O]C(=O)C(Cc1ccccc1)NC=O)([c]1ccccc1)[c]1ccccc1. The maximum absolute atomic E-state index is 13.8. The Morgan fingerprint density at radius 1 is 0.659 bits per heavy atom. The summed E-state index contributed by atoms with van der Waals surface area (Å²) in [4.78, 5) is 51.6. The van der Waals surface area contributed by atoms with Gasteiger partial charge < -0.3 is 0 Å². The molecule has 9 heteroatoms. The zero-order valence-electron chi connectivity index (χ0n) is 22.2. The standard InChI is InChI=1S/2C10H11NO3.2C6H5.Pb/c12-7-11-9(10(13)14)6-8-4-2-1-3-5-8;11-9(12)8(10(13)14)6-7-4-2-1-3-5-7;2*1-2-4-6-5-3-1;/h1-5,7,9H,6H2,(H,11,12)(H,13,14);1-5,8H,6H2,(H2,11,12)(H,13,14);2*1-5H;/q;;;;+2/p-2. The molecule has 0 fully saturated rings. The normalized spacial score (nSPS) is 12.4. The number of amides is 2. The second kappa shape index (κ2) is 14.4. The minimum absolute atomic E-state index is 0.0276. The van der Waals surface area contributed by atoms with Gasteiger partial charge in [-0.25, -0.2) is 0 Å². The fourth-order valence-corrected chi connectivity index (χ4v) is 16.0. The molecule has 4 rings (SSSR count). The molecule has 0 radical (unpaired) electrons. The Hall–Kier alpha value is -4.32. The average molecular weight is 746 g/mol. The molecule has 2 atom stereocenters. The quantitative estimate of drug-likeness (QED) is 0.123. The van der Waals surface area contributed by atoms with Gasteiger partial charge in [-0.05, 0) is 0 Å². The van der Waals surface area contributed by atoms with Crippen molar-refractivity contribution in [3.63, 3.8) is 0 Å². The first-order chi connectivity index (χ1) is 19.9. The van der Waals surface area contributed by atoms with Crippen molar-refractivity contribution < 1.29 is 24.6 Å². The van der Waals surface area contributed by atoms with Crippen molar-refractivity contribution >= 4 is 52.6 Å². The Morgan fingerprint density at radius 2 is 1.07 bits per heavy atom. The molecule has 208 valence electrons. The molecule has 0 aromatic heterocycles. The van der Waals surface area contributed by atoms with E-state index in [1.165, 1.54) is 0 Å². The predicted octanol–water partition coefficient (Wildman–Crippen LogP) is 2.03. The molecule has 0 aliphatic rings. The van der Waals surface area contributed by atoms with Crippen LogP contribution in [0.1, 0.15) is 11.1 Å². The number of benzene rings is 4. The summed E-state index contributed by atoms with van der Waals surface area (Å²) >= 11 is -5.42. The van der Waals surface area contributed by atoms with Crippen molar-refractivity contribution in [1.29, 1.82) is 0 Å². The van der Waals surface area contributed by atoms with Gasteiger partial charge in [-0.2, -0.15) is 0 Å². The molecule has 3 N–H and O–H groups in total. The van der Waals surface area contributed by atoms with Crippen LogP contribution in [-0.2, 0) is 37.4 Å². The van der Waals surface area contributed by atoms with Crippen molar-refractivity contribution in [2.45, 2.75) is 18.9 Å². The second-order valence-corrected chi connectivity index (χ2v) is 20.2. The number of carbonyl (C=O) groups excluding carboxylic acids is 4. The molecule has 0 saturated carbocycles. The van der Waals surface area contributed by atoms with Crippen molar-refractivity contribution in [2.24, 2.45) is 11.7 Å². The molecule has 0 spiro atoms. The number of nitrogens with two attached hydrogens (primary N) is 1. The van der Waals surface area contributed by atoms with Gasteiger partial charge in [0.1, 0.15) is 0 Å². The summed E-state index contributed by atoms with van der Waals surface area (Å²) in [6.07, 6.45) is 0.630. The van der Waals surface area contributed by atoms with Gasteiger partial charge in [0, 0.05) is 0 Å². The molecule has 0 heterocycles. The first kappa shape index (κ1) is 29.7. The van der Waals surface area contributed by atoms with Gasteiger partial charge in [-0.3, -0.25) is 0 Å². The Kier molecular flexibility index (Phi) is 10.4. The predicted molar refractivity (Wildman–Crippen MR) is 156 cm³/mol. The third-order valence-corrected chi connectivity index (χ3v) is 18.8. The summed E-state index contributed by atoms with van der Waals surface area (Å²) < 4.78 is 13.7. The van der Waals surface area contributed by atoms with Crippen molar-refractivity contribution in [2.75, 3.05) is 0 Å². The Morgan fingerprint density at radius 3 is 1.51 bits per heavy atom. The first-order valence-electron chi connectivity index (χ1n) is 13.1. The van der Waals surface area contributed by atoms with Gasteiger partial charge in [0.2, 0.25) is 0 Å². The van der Waals surface area contributed by atoms with E-state index in [1.54, 1.807) is 84.9 Å². The zero-order chi connectivity index (χ0) is 29.1. The average Bonchev–Trinajstić information content (AvgIpc) is 3.01. The topological polar surface area (TPSA) is 125 Å². The van der Waals surface area contributed by atoms with E-state index >= 15 is 0 Å². The summed E-state index contributed by atoms with van der Waals surface area (Å²) in [6, 6.07) is 34.7. The van der Waals surface area contributed by atoms with Crippen molar-refractivity contribution in [3.05, 3.63) is 132 Å². The van der Waals surface area contributed by atoms with Crippen LogP contribution in [0.2, 0.25) is 0 Å². The van der Waals surface area contributed by atoms with Crippen LogP contribution < -0.4 is 17.3 Å². The Bertz CT molecular complexity index is 1410. The molecule has 41 heavy (non-hydrogen) atoms. The van der Waals surface area contributed by atoms with Crippen LogP contribution in [0.3, 0.4) is 0 Å². The van der Waals surface area contributed by atoms with Crippen LogP contribution in [0.4, 0.5) is 0 Å². The van der Waals surface area contributed by atoms with E-state index in [1.807, 2.05) is 36.4 Å². The van der Waals surface area contributed by atoms with Gasteiger partial charge in [0.25, 0.3) is 0 Å². The molecule has 0 aliphatic heterocycles. The van der Waals surface area contributed by atoms with Crippen LogP contribution >= 0.6 is 0 Å². The number of primary amides is 1. The first-order valence-corrected chi connectivity index (χ1v) is 20.1. The van der Waals surface area contributed by atoms with Gasteiger partial charge in [-0.1, -0.05) is 0 Å². The van der Waals surface area contributed by atoms with E-state index < -0.39 is 51.9 Å². The van der Waals surface area contributed by atoms with Gasteiger partial charge in [0.15, 0.2) is 0 Å². The van der Waals surface area contributed by atoms with E-state index in [-0.39, 0.29) is 12.8 Å². The van der Waals surface area contributed by atoms with Crippen molar-refractivity contribution in [3.8, 4) is 0 Å². The molecule has 0 aliphatic carbocycles. The fraction of sp³-hybridized carbons (Fsp3) is 0.125. The van der Waals surface area contributed by atoms with E-state index in [9.17, 15) is 19.2 Å². The van der Waals surface area contributed by atoms with E-state index in [0.717, 1.165) is 11.1 Å². The second-order valence-electron chi connectivity index (χ2n) is 9.36. The van der Waals surface area contributed by atoms with E-state index in [0.29, 0.717) is 12.7 Å². The van der Waals surface area contributed by atoms with Crippen LogP contribution in [0.25, 0.3) is 0 Å². The third kappa shape index (κ3) is 7.66. The molecule has 0 bridgehead atoms. The summed E-state index contributed by atoms with van der Waals surface area (Å²) in [7, 11) is 0. The molecular weight excluding hydrogens is 716 g/mol. The summed E-state index contributed by atoms with van der Waals surface area (Å²) in [5, 5.41) is 2.55. The van der Waals surface area contributed by atoms with Gasteiger partial charge in [0.05, 0.1) is 0 Å². The van der Waals surface area contributed by atoms with E-state index in [4.69, 9.17) is 11.1 Å². The molecule has 8 nitrogen and oxygen atoms in total. The summed E-state index contributed by atoms with van der Waals surface area (Å²) in [6.45, 7) is 0. The summed E-state index contributed by atoms with van der Waals surface area (Å²) in [5.41, 5.74) is 7.22. The Balaban J connectivity index is 1.76. The maximum atomic E-state index is 13.8. The molecule has 2 amide bonds. The number of nitrogens with one attached hydrogen (secondary N) is 1. The van der Waals surface area contributed by atoms with Crippen molar-refractivity contribution in [1.82, 2.24) is 5.32 Å². The monoisotopic (exact) mass is 746 g/mol. The van der Waals surface area contributed by atoms with Gasteiger partial charge in [-0.15, -0.1) is 0 Å². The molecular formula is C32H30N2O6Pb. The molecule has 4 aromatic carbocycles. The molecule has 4 aromatic rings. The minimum atomic E-state index is -5.42. The van der Waals surface area contributed by atoms with Crippen LogP contribution in [0.5, 0.6) is 0 Å². The molecule has 2 unspecified atom stereocenters. The summed E-state index contributed by atoms with van der Waals surface area (Å²) in [5.74, 6) is -3.78. The van der Waals surface area contributed by atoms with Gasteiger partial charge >= 0.3 is 245 Å². The number of hydrogen-bond acceptors (Lipinski definition) is 6. The van der Waals surface area contributed by atoms with E-state index in [2.05, 4.69) is 5.32 Å². The zero-order valence-corrected chi connectivity index (χ0v) is 26.1. The number of carbonyl (C=O) groups is 4. The van der Waals surface area contributed by atoms with Crippen LogP contribution in [0.15, 0.2) is 121 Å². The third-order valence-electron chi connectivity index (χ3n) is 6.54. The fourth-order valence-electron chi connectivity index (χ4n) is 4.46. The van der Waals surface area contributed by atoms with Crippen LogP contribution in [0, 0.1) is 5.92 Å².